The Morgan fingerprint density at radius 2 is 1.27 bits per heavy atom. The van der Waals surface area contributed by atoms with Crippen molar-refractivity contribution in [2.75, 3.05) is 13.7 Å². The lowest BCUT2D eigenvalue weighted by atomic mass is 9.80. The van der Waals surface area contributed by atoms with E-state index in [1.165, 1.54) is 7.11 Å². The second-order valence-electron chi connectivity index (χ2n) is 7.30. The maximum atomic E-state index is 14.7. The zero-order valence-corrected chi connectivity index (χ0v) is 16.7. The van der Waals surface area contributed by atoms with Gasteiger partial charge in [-0.25, -0.2) is 4.39 Å². The molecule has 0 radical (unpaired) electrons. The fourth-order valence-electron chi connectivity index (χ4n) is 4.00. The van der Waals surface area contributed by atoms with E-state index in [2.05, 4.69) is 0 Å². The number of aliphatic hydroxyl groups excluding tert-OH is 1. The Kier molecular flexibility index (Phi) is 6.25. The third kappa shape index (κ3) is 3.77. The van der Waals surface area contributed by atoms with Crippen molar-refractivity contribution in [3.63, 3.8) is 0 Å². The van der Waals surface area contributed by atoms with E-state index in [9.17, 15) is 9.50 Å². The minimum absolute atomic E-state index is 0.0588. The molecule has 3 aromatic carbocycles. The molecule has 1 saturated heterocycles. The quantitative estimate of drug-likeness (QED) is 0.599. The van der Waals surface area contributed by atoms with Gasteiger partial charge in [-0.1, -0.05) is 91.0 Å². The van der Waals surface area contributed by atoms with Gasteiger partial charge in [-0.2, -0.15) is 0 Å². The highest BCUT2D eigenvalue weighted by molar-refractivity contribution is 5.47. The van der Waals surface area contributed by atoms with Gasteiger partial charge in [-0.3, -0.25) is 0 Å². The summed E-state index contributed by atoms with van der Waals surface area (Å²) in [5.41, 5.74) is 1.78. The van der Waals surface area contributed by atoms with E-state index in [1.54, 1.807) is 0 Å². The molecule has 0 saturated carbocycles. The number of halogens is 1. The van der Waals surface area contributed by atoms with Crippen LogP contribution in [0.25, 0.3) is 0 Å². The fourth-order valence-corrected chi connectivity index (χ4v) is 4.00. The molecular weight excluding hydrogens is 383 g/mol. The number of alkyl halides is 1. The van der Waals surface area contributed by atoms with Gasteiger partial charge in [0, 0.05) is 7.11 Å². The Bertz CT molecular complexity index is 823. The van der Waals surface area contributed by atoms with Gasteiger partial charge in [-0.05, 0) is 16.7 Å². The molecule has 0 unspecified atom stereocenters. The monoisotopic (exact) mass is 408 g/mol. The van der Waals surface area contributed by atoms with Crippen LogP contribution in [-0.2, 0) is 19.8 Å². The number of hydrogen-bond acceptors (Lipinski definition) is 4. The third-order valence-corrected chi connectivity index (χ3v) is 5.51. The zero-order chi connectivity index (χ0) is 21.0. The summed E-state index contributed by atoms with van der Waals surface area (Å²) in [5.74, 6) is 0. The van der Waals surface area contributed by atoms with Crippen molar-refractivity contribution in [2.45, 2.75) is 30.3 Å². The van der Waals surface area contributed by atoms with Crippen LogP contribution in [0.15, 0.2) is 91.0 Å². The Labute approximate surface area is 175 Å². The van der Waals surface area contributed by atoms with Crippen LogP contribution in [0.3, 0.4) is 0 Å². The normalized spacial score (nSPS) is 24.1. The fraction of sp³-hybridized carbons (Fsp3) is 0.280. The highest BCUT2D eigenvalue weighted by Gasteiger charge is 2.46. The molecule has 5 heteroatoms. The average Bonchev–Trinajstić information content (AvgIpc) is 3.09. The van der Waals surface area contributed by atoms with Gasteiger partial charge >= 0.3 is 0 Å². The molecule has 0 bridgehead atoms. The minimum atomic E-state index is -1.60. The molecule has 30 heavy (non-hydrogen) atoms. The molecule has 3 aromatic rings. The number of ether oxygens (including phenoxy) is 3. The molecule has 1 aliphatic rings. The molecule has 4 atom stereocenters. The summed E-state index contributed by atoms with van der Waals surface area (Å²) in [5, 5.41) is 10.0. The van der Waals surface area contributed by atoms with E-state index < -0.39 is 30.3 Å². The standard InChI is InChI=1S/C25H25FO4/c1-28-24-23(27)22(26)21(30-24)17-29-25(18-11-5-2-6-12-18,19-13-7-3-8-14-19)20-15-9-4-10-16-20/h2-16,21-24,27H,17H2,1H3/t21-,22+,23+,24-/m1/s1. The Morgan fingerprint density at radius 1 is 0.833 bits per heavy atom. The maximum Gasteiger partial charge on any atom is 0.186 e. The van der Waals surface area contributed by atoms with Crippen LogP contribution >= 0.6 is 0 Å². The Hall–Kier alpha value is -2.57. The van der Waals surface area contributed by atoms with Gasteiger partial charge in [0.1, 0.15) is 17.8 Å². The van der Waals surface area contributed by atoms with Crippen molar-refractivity contribution in [1.29, 1.82) is 0 Å². The van der Waals surface area contributed by atoms with Crippen LogP contribution < -0.4 is 0 Å². The summed E-state index contributed by atoms with van der Waals surface area (Å²) in [6.07, 6.45) is -4.90. The van der Waals surface area contributed by atoms with E-state index in [0.717, 1.165) is 16.7 Å². The maximum absolute atomic E-state index is 14.7. The number of methoxy groups -OCH3 is 1. The first-order valence-corrected chi connectivity index (χ1v) is 9.97. The van der Waals surface area contributed by atoms with Crippen molar-refractivity contribution < 1.29 is 23.7 Å². The van der Waals surface area contributed by atoms with Crippen LogP contribution in [0.4, 0.5) is 4.39 Å². The van der Waals surface area contributed by atoms with Crippen molar-refractivity contribution in [2.24, 2.45) is 0 Å². The van der Waals surface area contributed by atoms with E-state index in [0.29, 0.717) is 0 Å². The van der Waals surface area contributed by atoms with Crippen molar-refractivity contribution in [3.05, 3.63) is 108 Å². The van der Waals surface area contributed by atoms with Crippen molar-refractivity contribution in [1.82, 2.24) is 0 Å². The average molecular weight is 408 g/mol. The highest BCUT2D eigenvalue weighted by Crippen LogP contribution is 2.41. The second-order valence-corrected chi connectivity index (χ2v) is 7.30. The number of aliphatic hydroxyl groups is 1. The number of rotatable bonds is 7. The predicted molar refractivity (Wildman–Crippen MR) is 112 cm³/mol. The number of benzene rings is 3. The molecule has 4 nitrogen and oxygen atoms in total. The van der Waals surface area contributed by atoms with Crippen LogP contribution in [0, 0.1) is 0 Å². The lowest BCUT2D eigenvalue weighted by Crippen LogP contribution is -2.38. The Balaban J connectivity index is 1.78. The SMILES string of the molecule is CO[C@@H]1O[C@H](COC(c2ccccc2)(c2ccccc2)c2ccccc2)[C@H](F)[C@@H]1O. The third-order valence-electron chi connectivity index (χ3n) is 5.51. The zero-order valence-electron chi connectivity index (χ0n) is 16.7. The summed E-state index contributed by atoms with van der Waals surface area (Å²) < 4.78 is 31.8. The van der Waals surface area contributed by atoms with Gasteiger partial charge in [-0.15, -0.1) is 0 Å². The van der Waals surface area contributed by atoms with Crippen LogP contribution in [0.5, 0.6) is 0 Å². The summed E-state index contributed by atoms with van der Waals surface area (Å²) >= 11 is 0. The molecule has 1 aliphatic heterocycles. The number of hydrogen-bond donors (Lipinski definition) is 1. The molecule has 1 heterocycles. The molecule has 0 amide bonds. The predicted octanol–water partition coefficient (Wildman–Crippen LogP) is 4.07. The smallest absolute Gasteiger partial charge is 0.186 e. The molecule has 0 aromatic heterocycles. The molecule has 0 aliphatic carbocycles. The van der Waals surface area contributed by atoms with Gasteiger partial charge in [0.15, 0.2) is 12.5 Å². The van der Waals surface area contributed by atoms with Crippen molar-refractivity contribution >= 4 is 0 Å². The largest absolute Gasteiger partial charge is 0.385 e. The summed E-state index contributed by atoms with van der Waals surface area (Å²) in [6.45, 7) is -0.0588. The summed E-state index contributed by atoms with van der Waals surface area (Å²) in [4.78, 5) is 0. The summed E-state index contributed by atoms with van der Waals surface area (Å²) in [7, 11) is 1.38. The molecular formula is C25H25FO4. The molecule has 1 fully saturated rings. The minimum Gasteiger partial charge on any atom is -0.385 e. The van der Waals surface area contributed by atoms with Crippen LogP contribution in [0.1, 0.15) is 16.7 Å². The highest BCUT2D eigenvalue weighted by atomic mass is 19.1. The first-order valence-electron chi connectivity index (χ1n) is 9.97. The van der Waals surface area contributed by atoms with Crippen LogP contribution in [-0.4, -0.2) is 43.5 Å². The van der Waals surface area contributed by atoms with Gasteiger partial charge < -0.3 is 19.3 Å². The lowest BCUT2D eigenvalue weighted by molar-refractivity contribution is -0.162. The van der Waals surface area contributed by atoms with Gasteiger partial charge in [0.25, 0.3) is 0 Å². The molecule has 156 valence electrons. The second kappa shape index (κ2) is 9.06. The molecule has 4 rings (SSSR count). The molecule has 0 spiro atoms. The molecule has 1 N–H and O–H groups in total. The first kappa shape index (κ1) is 20.7. The first-order chi connectivity index (χ1) is 14.7. The van der Waals surface area contributed by atoms with Gasteiger partial charge in [0.05, 0.1) is 6.61 Å². The summed E-state index contributed by atoms with van der Waals surface area (Å²) in [6, 6.07) is 29.5. The van der Waals surface area contributed by atoms with E-state index >= 15 is 0 Å². The van der Waals surface area contributed by atoms with Crippen LogP contribution in [0.2, 0.25) is 0 Å². The van der Waals surface area contributed by atoms with E-state index in [4.69, 9.17) is 14.2 Å². The topological polar surface area (TPSA) is 47.9 Å². The van der Waals surface area contributed by atoms with E-state index in [-0.39, 0.29) is 6.61 Å². The Morgan fingerprint density at radius 3 is 1.63 bits per heavy atom. The lowest BCUT2D eigenvalue weighted by Gasteiger charge is -2.36. The van der Waals surface area contributed by atoms with E-state index in [1.807, 2.05) is 91.0 Å². The van der Waals surface area contributed by atoms with Crippen molar-refractivity contribution in [3.8, 4) is 0 Å². The van der Waals surface area contributed by atoms with Gasteiger partial charge in [0.2, 0.25) is 0 Å².